The second-order valence-corrected chi connectivity index (χ2v) is 6.27. The topological polar surface area (TPSA) is 47.5 Å². The number of nitrogens with zero attached hydrogens (tertiary/aromatic N) is 3. The summed E-state index contributed by atoms with van der Waals surface area (Å²) >= 11 is 0. The summed E-state index contributed by atoms with van der Waals surface area (Å²) in [6, 6.07) is 3.89. The third-order valence-electron chi connectivity index (χ3n) is 4.29. The van der Waals surface area contributed by atoms with E-state index in [1.165, 1.54) is 6.42 Å². The number of hydrogen-bond donors (Lipinski definition) is 0. The molecule has 2 unspecified atom stereocenters. The Labute approximate surface area is 131 Å². The number of benzene rings is 1. The molecule has 0 radical (unpaired) electrons. The molecule has 2 heterocycles. The summed E-state index contributed by atoms with van der Waals surface area (Å²) in [5.74, 6) is 3.75. The third kappa shape index (κ3) is 2.67. The first kappa shape index (κ1) is 14.9. The minimum Gasteiger partial charge on any atom is -0.493 e. The Morgan fingerprint density at radius 3 is 2.27 bits per heavy atom. The Morgan fingerprint density at radius 1 is 1.00 bits per heavy atom. The van der Waals surface area contributed by atoms with Gasteiger partial charge in [0.2, 0.25) is 0 Å². The molecule has 1 aromatic heterocycles. The highest BCUT2D eigenvalue weighted by atomic mass is 16.5. The van der Waals surface area contributed by atoms with Crippen LogP contribution in [0.1, 0.15) is 20.3 Å². The van der Waals surface area contributed by atoms with Crippen LogP contribution >= 0.6 is 0 Å². The summed E-state index contributed by atoms with van der Waals surface area (Å²) in [7, 11) is 3.29. The number of ether oxygens (including phenoxy) is 2. The molecule has 0 amide bonds. The van der Waals surface area contributed by atoms with Crippen LogP contribution in [0.5, 0.6) is 11.5 Å². The van der Waals surface area contributed by atoms with E-state index in [0.29, 0.717) is 23.3 Å². The minimum absolute atomic E-state index is 0.675. The van der Waals surface area contributed by atoms with Crippen LogP contribution in [-0.4, -0.2) is 37.3 Å². The van der Waals surface area contributed by atoms with E-state index >= 15 is 0 Å². The summed E-state index contributed by atoms with van der Waals surface area (Å²) < 4.78 is 10.8. The van der Waals surface area contributed by atoms with Crippen LogP contribution < -0.4 is 14.4 Å². The predicted molar refractivity (Wildman–Crippen MR) is 87.8 cm³/mol. The molecule has 118 valence electrons. The molecule has 2 aromatic rings. The molecule has 0 spiro atoms. The molecular weight excluding hydrogens is 278 g/mol. The summed E-state index contributed by atoms with van der Waals surface area (Å²) in [5, 5.41) is 1.02. The molecule has 22 heavy (non-hydrogen) atoms. The largest absolute Gasteiger partial charge is 0.493 e. The van der Waals surface area contributed by atoms with Crippen LogP contribution in [0.2, 0.25) is 0 Å². The number of hydrogen-bond acceptors (Lipinski definition) is 5. The fraction of sp³-hybridized carbons (Fsp3) is 0.529. The van der Waals surface area contributed by atoms with Crippen molar-refractivity contribution in [1.29, 1.82) is 0 Å². The molecule has 5 nitrogen and oxygen atoms in total. The van der Waals surface area contributed by atoms with Crippen molar-refractivity contribution >= 4 is 16.7 Å². The summed E-state index contributed by atoms with van der Waals surface area (Å²) in [4.78, 5) is 11.3. The number of aromatic nitrogens is 2. The van der Waals surface area contributed by atoms with Crippen molar-refractivity contribution in [3.8, 4) is 11.5 Å². The fourth-order valence-electron chi connectivity index (χ4n) is 3.46. The summed E-state index contributed by atoms with van der Waals surface area (Å²) in [5.41, 5.74) is 0.883. The van der Waals surface area contributed by atoms with Crippen LogP contribution in [0.15, 0.2) is 18.5 Å². The lowest BCUT2D eigenvalue weighted by atomic mass is 9.92. The van der Waals surface area contributed by atoms with Gasteiger partial charge in [-0.05, 0) is 24.3 Å². The van der Waals surface area contributed by atoms with Crippen LogP contribution in [0.3, 0.4) is 0 Å². The van der Waals surface area contributed by atoms with Crippen molar-refractivity contribution in [3.63, 3.8) is 0 Å². The van der Waals surface area contributed by atoms with Crippen molar-refractivity contribution in [2.75, 3.05) is 32.2 Å². The van der Waals surface area contributed by atoms with E-state index in [4.69, 9.17) is 9.47 Å². The maximum atomic E-state index is 5.43. The Kier molecular flexibility index (Phi) is 4.05. The van der Waals surface area contributed by atoms with Gasteiger partial charge >= 0.3 is 0 Å². The van der Waals surface area contributed by atoms with Crippen LogP contribution in [0.25, 0.3) is 10.9 Å². The molecule has 1 aliphatic heterocycles. The van der Waals surface area contributed by atoms with Gasteiger partial charge in [0.1, 0.15) is 12.1 Å². The van der Waals surface area contributed by atoms with Gasteiger partial charge in [0.25, 0.3) is 0 Å². The van der Waals surface area contributed by atoms with Gasteiger partial charge in [-0.2, -0.15) is 0 Å². The van der Waals surface area contributed by atoms with E-state index in [9.17, 15) is 0 Å². The molecule has 0 N–H and O–H groups in total. The van der Waals surface area contributed by atoms with Crippen molar-refractivity contribution in [2.45, 2.75) is 20.3 Å². The zero-order valence-electron chi connectivity index (χ0n) is 13.7. The fourth-order valence-corrected chi connectivity index (χ4v) is 3.46. The van der Waals surface area contributed by atoms with E-state index in [0.717, 1.165) is 29.8 Å². The predicted octanol–water partition coefficient (Wildman–Crippen LogP) is 3.13. The molecule has 1 fully saturated rings. The summed E-state index contributed by atoms with van der Waals surface area (Å²) in [6.07, 6.45) is 2.91. The SMILES string of the molecule is COc1cc2ncnc(N3CC(C)CC(C)C3)c2cc1OC. The average Bonchev–Trinajstić information content (AvgIpc) is 2.51. The van der Waals surface area contributed by atoms with Crippen molar-refractivity contribution < 1.29 is 9.47 Å². The van der Waals surface area contributed by atoms with E-state index in [1.54, 1.807) is 20.5 Å². The zero-order chi connectivity index (χ0) is 15.7. The highest BCUT2D eigenvalue weighted by Gasteiger charge is 2.24. The molecule has 0 saturated carbocycles. The highest BCUT2D eigenvalue weighted by Crippen LogP contribution is 2.36. The minimum atomic E-state index is 0.675. The van der Waals surface area contributed by atoms with E-state index in [1.807, 2.05) is 12.1 Å². The quantitative estimate of drug-likeness (QED) is 0.871. The Bertz CT molecular complexity index is 664. The molecule has 2 atom stereocenters. The zero-order valence-corrected chi connectivity index (χ0v) is 13.7. The van der Waals surface area contributed by atoms with E-state index in [-0.39, 0.29) is 0 Å². The number of rotatable bonds is 3. The number of fused-ring (bicyclic) bond motifs is 1. The highest BCUT2D eigenvalue weighted by molar-refractivity contribution is 5.92. The Hall–Kier alpha value is -2.04. The van der Waals surface area contributed by atoms with Gasteiger partial charge < -0.3 is 14.4 Å². The van der Waals surface area contributed by atoms with Crippen LogP contribution in [-0.2, 0) is 0 Å². The average molecular weight is 301 g/mol. The first-order valence-electron chi connectivity index (χ1n) is 7.74. The van der Waals surface area contributed by atoms with Crippen molar-refractivity contribution in [3.05, 3.63) is 18.5 Å². The maximum absolute atomic E-state index is 5.43. The van der Waals surface area contributed by atoms with Crippen LogP contribution in [0.4, 0.5) is 5.82 Å². The third-order valence-corrected chi connectivity index (χ3v) is 4.29. The first-order valence-corrected chi connectivity index (χ1v) is 7.74. The Balaban J connectivity index is 2.09. The number of piperidine rings is 1. The smallest absolute Gasteiger partial charge is 0.162 e. The van der Waals surface area contributed by atoms with Gasteiger partial charge in [0, 0.05) is 24.5 Å². The molecular formula is C17H23N3O2. The molecule has 1 aromatic carbocycles. The van der Waals surface area contributed by atoms with E-state index in [2.05, 4.69) is 28.7 Å². The lowest BCUT2D eigenvalue weighted by molar-refractivity contribution is 0.354. The van der Waals surface area contributed by atoms with Gasteiger partial charge in [-0.15, -0.1) is 0 Å². The lowest BCUT2D eigenvalue weighted by Gasteiger charge is -2.36. The summed E-state index contributed by atoms with van der Waals surface area (Å²) in [6.45, 7) is 6.67. The molecule has 0 bridgehead atoms. The van der Waals surface area contributed by atoms with Gasteiger partial charge in [0.15, 0.2) is 11.5 Å². The monoisotopic (exact) mass is 301 g/mol. The second-order valence-electron chi connectivity index (χ2n) is 6.27. The second kappa shape index (κ2) is 5.99. The Morgan fingerprint density at radius 2 is 1.64 bits per heavy atom. The molecule has 1 saturated heterocycles. The maximum Gasteiger partial charge on any atom is 0.162 e. The van der Waals surface area contributed by atoms with Gasteiger partial charge in [-0.3, -0.25) is 0 Å². The van der Waals surface area contributed by atoms with Crippen molar-refractivity contribution in [1.82, 2.24) is 9.97 Å². The van der Waals surface area contributed by atoms with Gasteiger partial charge in [0.05, 0.1) is 19.7 Å². The van der Waals surface area contributed by atoms with Crippen molar-refractivity contribution in [2.24, 2.45) is 11.8 Å². The number of methoxy groups -OCH3 is 2. The van der Waals surface area contributed by atoms with Crippen LogP contribution in [0, 0.1) is 11.8 Å². The van der Waals surface area contributed by atoms with Gasteiger partial charge in [-0.25, -0.2) is 9.97 Å². The first-order chi connectivity index (χ1) is 10.6. The van der Waals surface area contributed by atoms with E-state index < -0.39 is 0 Å². The number of anilines is 1. The normalized spacial score (nSPS) is 21.9. The molecule has 1 aliphatic rings. The molecule has 0 aliphatic carbocycles. The standard InChI is InChI=1S/C17H23N3O2/c1-11-5-12(2)9-20(8-11)17-13-6-15(21-3)16(22-4)7-14(13)18-10-19-17/h6-7,10-12H,5,8-9H2,1-4H3. The molecule has 3 rings (SSSR count). The molecule has 5 heteroatoms. The lowest BCUT2D eigenvalue weighted by Crippen LogP contribution is -2.39. The van der Waals surface area contributed by atoms with Gasteiger partial charge in [-0.1, -0.05) is 13.8 Å².